The molecule has 0 fully saturated rings. The van der Waals surface area contributed by atoms with Gasteiger partial charge in [0.2, 0.25) is 0 Å². The summed E-state index contributed by atoms with van der Waals surface area (Å²) in [5.41, 5.74) is 0.289. The Labute approximate surface area is 146 Å². The van der Waals surface area contributed by atoms with Gasteiger partial charge < -0.3 is 14.7 Å². The van der Waals surface area contributed by atoms with Gasteiger partial charge in [0, 0.05) is 26.4 Å². The van der Waals surface area contributed by atoms with Gasteiger partial charge in [0.05, 0.1) is 18.7 Å². The van der Waals surface area contributed by atoms with E-state index in [0.29, 0.717) is 24.0 Å². The molecule has 0 atom stereocenters. The quantitative estimate of drug-likeness (QED) is 0.561. The molecule has 0 aliphatic carbocycles. The van der Waals surface area contributed by atoms with Gasteiger partial charge in [0.25, 0.3) is 0 Å². The van der Waals surface area contributed by atoms with E-state index < -0.39 is 11.7 Å². The number of hydrogen-bond acceptors (Lipinski definition) is 5. The van der Waals surface area contributed by atoms with Gasteiger partial charge in [0.1, 0.15) is 12.0 Å². The number of halogens is 3. The van der Waals surface area contributed by atoms with Crippen molar-refractivity contribution in [2.24, 2.45) is 4.99 Å². The second kappa shape index (κ2) is 7.02. The van der Waals surface area contributed by atoms with Gasteiger partial charge in [-0.25, -0.2) is 0 Å². The molecule has 3 aromatic rings. The highest BCUT2D eigenvalue weighted by atomic mass is 19.4. The van der Waals surface area contributed by atoms with Gasteiger partial charge in [-0.2, -0.15) is 13.2 Å². The number of aromatic nitrogens is 4. The molecule has 11 heteroatoms. The number of aliphatic imine (C=N–C) groups is 1. The van der Waals surface area contributed by atoms with Crippen LogP contribution in [0.5, 0.6) is 0 Å². The average Bonchev–Trinajstić information content (AvgIpc) is 3.24. The van der Waals surface area contributed by atoms with E-state index in [4.69, 9.17) is 4.52 Å². The lowest BCUT2D eigenvalue weighted by atomic mass is 10.3. The van der Waals surface area contributed by atoms with Crippen LogP contribution in [-0.2, 0) is 19.3 Å². The standard InChI is InChI=1S/C15H16F3N7O/c1-19-14(24(2)9-11-5-6-26-23-11)20-7-13-22-21-12-4-3-10(8-25(12)13)15(16,17)18/h3-6,8H,7,9H2,1-2H3,(H,19,20). The topological polar surface area (TPSA) is 83.9 Å². The average molecular weight is 367 g/mol. The minimum absolute atomic E-state index is 0.151. The summed E-state index contributed by atoms with van der Waals surface area (Å²) in [6.45, 7) is 0.604. The minimum Gasteiger partial charge on any atom is -0.364 e. The molecule has 0 aromatic carbocycles. The van der Waals surface area contributed by atoms with E-state index in [-0.39, 0.29) is 6.54 Å². The van der Waals surface area contributed by atoms with Gasteiger partial charge >= 0.3 is 6.18 Å². The Kier molecular flexibility index (Phi) is 4.78. The molecule has 3 heterocycles. The third-order valence-electron chi connectivity index (χ3n) is 3.67. The number of nitrogens with zero attached hydrogens (tertiary/aromatic N) is 6. The highest BCUT2D eigenvalue weighted by molar-refractivity contribution is 5.79. The van der Waals surface area contributed by atoms with E-state index in [1.165, 1.54) is 16.7 Å². The first kappa shape index (κ1) is 17.7. The maximum atomic E-state index is 12.9. The molecule has 0 spiro atoms. The summed E-state index contributed by atoms with van der Waals surface area (Å²) >= 11 is 0. The number of alkyl halides is 3. The zero-order valence-electron chi connectivity index (χ0n) is 14.0. The fourth-order valence-corrected chi connectivity index (χ4v) is 2.41. The summed E-state index contributed by atoms with van der Waals surface area (Å²) in [5, 5.41) is 14.7. The predicted molar refractivity (Wildman–Crippen MR) is 86.2 cm³/mol. The van der Waals surface area contributed by atoms with Crippen molar-refractivity contribution in [3.63, 3.8) is 0 Å². The predicted octanol–water partition coefficient (Wildman–Crippen LogP) is 1.94. The fourth-order valence-electron chi connectivity index (χ4n) is 2.41. The Balaban J connectivity index is 1.73. The van der Waals surface area contributed by atoms with Crippen LogP contribution >= 0.6 is 0 Å². The lowest BCUT2D eigenvalue weighted by molar-refractivity contribution is -0.137. The second-order valence-electron chi connectivity index (χ2n) is 5.51. The largest absolute Gasteiger partial charge is 0.417 e. The third-order valence-corrected chi connectivity index (χ3v) is 3.67. The van der Waals surface area contributed by atoms with Crippen LogP contribution in [0.15, 0.2) is 40.2 Å². The van der Waals surface area contributed by atoms with E-state index in [1.54, 1.807) is 25.1 Å². The molecule has 0 unspecified atom stereocenters. The van der Waals surface area contributed by atoms with Gasteiger partial charge in [-0.3, -0.25) is 9.39 Å². The van der Waals surface area contributed by atoms with Gasteiger partial charge in [-0.1, -0.05) is 5.16 Å². The smallest absolute Gasteiger partial charge is 0.364 e. The summed E-state index contributed by atoms with van der Waals surface area (Å²) in [6.07, 6.45) is -1.98. The Morgan fingerprint density at radius 1 is 1.31 bits per heavy atom. The molecular weight excluding hydrogens is 351 g/mol. The fraction of sp³-hybridized carbons (Fsp3) is 0.333. The molecule has 0 aliphatic heterocycles. The molecule has 3 aromatic heterocycles. The highest BCUT2D eigenvalue weighted by Crippen LogP contribution is 2.29. The van der Waals surface area contributed by atoms with Crippen LogP contribution in [-0.4, -0.2) is 44.7 Å². The number of rotatable bonds is 4. The molecule has 0 radical (unpaired) electrons. The summed E-state index contributed by atoms with van der Waals surface area (Å²) < 4.78 is 44.8. The van der Waals surface area contributed by atoms with Crippen molar-refractivity contribution in [3.05, 3.63) is 47.7 Å². The zero-order valence-corrected chi connectivity index (χ0v) is 14.0. The highest BCUT2D eigenvalue weighted by Gasteiger charge is 2.31. The van der Waals surface area contributed by atoms with Gasteiger partial charge in [-0.15, -0.1) is 10.2 Å². The summed E-state index contributed by atoms with van der Waals surface area (Å²) in [6, 6.07) is 3.99. The molecule has 0 saturated heterocycles. The van der Waals surface area contributed by atoms with Gasteiger partial charge in [0.15, 0.2) is 17.4 Å². The van der Waals surface area contributed by atoms with Crippen LogP contribution in [0.4, 0.5) is 13.2 Å². The van der Waals surface area contributed by atoms with E-state index in [2.05, 4.69) is 25.7 Å². The Bertz CT molecular complexity index is 902. The first-order valence-corrected chi connectivity index (χ1v) is 7.60. The van der Waals surface area contributed by atoms with Crippen LogP contribution in [0.1, 0.15) is 17.1 Å². The number of pyridine rings is 1. The summed E-state index contributed by atoms with van der Waals surface area (Å²) in [4.78, 5) is 5.93. The molecule has 0 aliphatic rings. The number of fused-ring (bicyclic) bond motifs is 1. The Hall–Kier alpha value is -3.11. The van der Waals surface area contributed by atoms with Crippen LogP contribution in [0.25, 0.3) is 5.65 Å². The van der Waals surface area contributed by atoms with Crippen LogP contribution < -0.4 is 5.32 Å². The molecule has 0 bridgehead atoms. The molecule has 0 saturated carbocycles. The van der Waals surface area contributed by atoms with E-state index in [0.717, 1.165) is 18.0 Å². The van der Waals surface area contributed by atoms with Crippen molar-refractivity contribution in [2.45, 2.75) is 19.3 Å². The maximum Gasteiger partial charge on any atom is 0.417 e. The molecular formula is C15H16F3N7O. The molecule has 1 N–H and O–H groups in total. The Morgan fingerprint density at radius 2 is 2.12 bits per heavy atom. The lowest BCUT2D eigenvalue weighted by Crippen LogP contribution is -2.38. The van der Waals surface area contributed by atoms with Crippen molar-refractivity contribution in [2.75, 3.05) is 14.1 Å². The monoisotopic (exact) mass is 367 g/mol. The minimum atomic E-state index is -4.43. The SMILES string of the molecule is CN=C(NCc1nnc2ccc(C(F)(F)F)cn12)N(C)Cc1ccon1. The molecule has 26 heavy (non-hydrogen) atoms. The van der Waals surface area contributed by atoms with Gasteiger partial charge in [-0.05, 0) is 12.1 Å². The number of nitrogens with one attached hydrogen (secondary N) is 1. The van der Waals surface area contributed by atoms with E-state index >= 15 is 0 Å². The first-order valence-electron chi connectivity index (χ1n) is 7.60. The molecule has 0 amide bonds. The maximum absolute atomic E-state index is 12.9. The van der Waals surface area contributed by atoms with Crippen molar-refractivity contribution in [3.8, 4) is 0 Å². The second-order valence-corrected chi connectivity index (χ2v) is 5.51. The van der Waals surface area contributed by atoms with Crippen LogP contribution in [0.2, 0.25) is 0 Å². The summed E-state index contributed by atoms with van der Waals surface area (Å²) in [7, 11) is 3.40. The number of guanidine groups is 1. The zero-order chi connectivity index (χ0) is 18.7. The van der Waals surface area contributed by atoms with Crippen molar-refractivity contribution in [1.82, 2.24) is 30.0 Å². The Morgan fingerprint density at radius 3 is 2.77 bits per heavy atom. The lowest BCUT2D eigenvalue weighted by Gasteiger charge is -2.20. The van der Waals surface area contributed by atoms with Crippen LogP contribution in [0.3, 0.4) is 0 Å². The van der Waals surface area contributed by atoms with Crippen LogP contribution in [0, 0.1) is 0 Å². The van der Waals surface area contributed by atoms with Crippen molar-refractivity contribution >= 4 is 11.6 Å². The first-order chi connectivity index (χ1) is 12.4. The van der Waals surface area contributed by atoms with Crippen molar-refractivity contribution < 1.29 is 17.7 Å². The van der Waals surface area contributed by atoms with Crippen molar-refractivity contribution in [1.29, 1.82) is 0 Å². The summed E-state index contributed by atoms with van der Waals surface area (Å²) in [5.74, 6) is 0.860. The molecule has 3 rings (SSSR count). The number of hydrogen-bond donors (Lipinski definition) is 1. The molecule has 138 valence electrons. The molecule has 8 nitrogen and oxygen atoms in total. The van der Waals surface area contributed by atoms with E-state index in [1.807, 2.05) is 0 Å². The van der Waals surface area contributed by atoms with E-state index in [9.17, 15) is 13.2 Å². The third kappa shape index (κ3) is 3.76. The normalized spacial score (nSPS) is 12.6.